The molecule has 5 heteroatoms. The Morgan fingerprint density at radius 3 is 2.67 bits per heavy atom. The number of anilines is 1. The number of para-hydroxylation sites is 1. The van der Waals surface area contributed by atoms with Gasteiger partial charge in [0.25, 0.3) is 0 Å². The molecule has 1 aromatic carbocycles. The normalized spacial score (nSPS) is 21.3. The molecular formula is C16H16N2O3. The van der Waals surface area contributed by atoms with E-state index in [0.717, 1.165) is 10.9 Å². The number of carboxylic acid groups (broad SMARTS) is 1. The highest BCUT2D eigenvalue weighted by Gasteiger charge is 2.33. The van der Waals surface area contributed by atoms with Gasteiger partial charge in [0.15, 0.2) is 0 Å². The number of nitrogens with zero attached hydrogens (tertiary/aromatic N) is 1. The predicted octanol–water partition coefficient (Wildman–Crippen LogP) is 2.67. The topological polar surface area (TPSA) is 79.3 Å². The standard InChI is InChI=1S/C16H16N2O3/c19-15(11-6-7-12(9-11)16(20)21)18-13-5-1-3-10-4-2-8-17-14(10)13/h1-5,8,11-12H,6-7,9H2,(H,18,19)(H,20,21). The summed E-state index contributed by atoms with van der Waals surface area (Å²) in [6, 6.07) is 9.41. The second-order valence-corrected chi connectivity index (χ2v) is 5.42. The lowest BCUT2D eigenvalue weighted by Gasteiger charge is -2.12. The number of carboxylic acids is 1. The number of pyridine rings is 1. The summed E-state index contributed by atoms with van der Waals surface area (Å²) in [5, 5.41) is 12.9. The van der Waals surface area contributed by atoms with Gasteiger partial charge in [-0.15, -0.1) is 0 Å². The molecule has 2 N–H and O–H groups in total. The molecule has 0 radical (unpaired) electrons. The molecule has 1 aromatic heterocycles. The number of nitrogens with one attached hydrogen (secondary N) is 1. The first-order chi connectivity index (χ1) is 10.1. The number of rotatable bonds is 3. The quantitative estimate of drug-likeness (QED) is 0.908. The predicted molar refractivity (Wildman–Crippen MR) is 78.8 cm³/mol. The van der Waals surface area contributed by atoms with Gasteiger partial charge in [-0.2, -0.15) is 0 Å². The van der Waals surface area contributed by atoms with Crippen molar-refractivity contribution in [2.75, 3.05) is 5.32 Å². The van der Waals surface area contributed by atoms with E-state index in [4.69, 9.17) is 5.11 Å². The number of amides is 1. The van der Waals surface area contributed by atoms with Gasteiger partial charge in [0.05, 0.1) is 17.1 Å². The fourth-order valence-corrected chi connectivity index (χ4v) is 2.88. The van der Waals surface area contributed by atoms with E-state index in [2.05, 4.69) is 10.3 Å². The second-order valence-electron chi connectivity index (χ2n) is 5.42. The highest BCUT2D eigenvalue weighted by Crippen LogP contribution is 2.32. The average molecular weight is 284 g/mol. The summed E-state index contributed by atoms with van der Waals surface area (Å²) in [7, 11) is 0. The van der Waals surface area contributed by atoms with Crippen molar-refractivity contribution in [1.29, 1.82) is 0 Å². The van der Waals surface area contributed by atoms with E-state index in [0.29, 0.717) is 24.9 Å². The summed E-state index contributed by atoms with van der Waals surface area (Å²) >= 11 is 0. The first-order valence-electron chi connectivity index (χ1n) is 7.02. The summed E-state index contributed by atoms with van der Waals surface area (Å²) in [5.41, 5.74) is 1.43. The van der Waals surface area contributed by atoms with Crippen LogP contribution in [0.3, 0.4) is 0 Å². The van der Waals surface area contributed by atoms with E-state index in [9.17, 15) is 9.59 Å². The Morgan fingerprint density at radius 1 is 1.14 bits per heavy atom. The van der Waals surface area contributed by atoms with Crippen molar-refractivity contribution >= 4 is 28.5 Å². The van der Waals surface area contributed by atoms with Crippen LogP contribution in [0.5, 0.6) is 0 Å². The van der Waals surface area contributed by atoms with E-state index in [-0.39, 0.29) is 11.8 Å². The van der Waals surface area contributed by atoms with Gasteiger partial charge >= 0.3 is 5.97 Å². The maximum atomic E-state index is 12.3. The largest absolute Gasteiger partial charge is 0.481 e. The summed E-state index contributed by atoms with van der Waals surface area (Å²) in [6.07, 6.45) is 3.30. The van der Waals surface area contributed by atoms with Gasteiger partial charge in [0, 0.05) is 17.5 Å². The molecule has 3 rings (SSSR count). The van der Waals surface area contributed by atoms with Crippen molar-refractivity contribution in [1.82, 2.24) is 4.98 Å². The Balaban J connectivity index is 1.77. The van der Waals surface area contributed by atoms with E-state index in [1.165, 1.54) is 0 Å². The molecule has 21 heavy (non-hydrogen) atoms. The van der Waals surface area contributed by atoms with Crippen LogP contribution >= 0.6 is 0 Å². The molecular weight excluding hydrogens is 268 g/mol. The highest BCUT2D eigenvalue weighted by atomic mass is 16.4. The third kappa shape index (κ3) is 2.72. The maximum absolute atomic E-state index is 12.3. The lowest BCUT2D eigenvalue weighted by atomic mass is 10.0. The maximum Gasteiger partial charge on any atom is 0.306 e. The van der Waals surface area contributed by atoms with Crippen molar-refractivity contribution in [2.24, 2.45) is 11.8 Å². The number of fused-ring (bicyclic) bond motifs is 1. The third-order valence-electron chi connectivity index (χ3n) is 4.04. The Labute approximate surface area is 122 Å². The molecule has 1 fully saturated rings. The van der Waals surface area contributed by atoms with Crippen LogP contribution in [0, 0.1) is 11.8 Å². The molecule has 1 saturated carbocycles. The summed E-state index contributed by atoms with van der Waals surface area (Å²) in [6.45, 7) is 0. The molecule has 1 heterocycles. The van der Waals surface area contributed by atoms with Crippen molar-refractivity contribution in [2.45, 2.75) is 19.3 Å². The molecule has 0 spiro atoms. The molecule has 0 aliphatic heterocycles. The first-order valence-corrected chi connectivity index (χ1v) is 7.02. The van der Waals surface area contributed by atoms with Crippen molar-refractivity contribution < 1.29 is 14.7 Å². The molecule has 2 atom stereocenters. The molecule has 2 unspecified atom stereocenters. The number of carbonyl (C=O) groups is 2. The zero-order chi connectivity index (χ0) is 14.8. The molecule has 108 valence electrons. The fraction of sp³-hybridized carbons (Fsp3) is 0.312. The highest BCUT2D eigenvalue weighted by molar-refractivity contribution is 6.01. The lowest BCUT2D eigenvalue weighted by Crippen LogP contribution is -2.21. The molecule has 5 nitrogen and oxygen atoms in total. The monoisotopic (exact) mass is 284 g/mol. The summed E-state index contributed by atoms with van der Waals surface area (Å²) in [4.78, 5) is 27.6. The van der Waals surface area contributed by atoms with Gasteiger partial charge in [-0.25, -0.2) is 0 Å². The molecule has 0 saturated heterocycles. The summed E-state index contributed by atoms with van der Waals surface area (Å²) in [5.74, 6) is -1.55. The van der Waals surface area contributed by atoms with E-state index < -0.39 is 11.9 Å². The minimum atomic E-state index is -0.808. The Kier molecular flexibility index (Phi) is 3.56. The molecule has 1 aliphatic carbocycles. The smallest absolute Gasteiger partial charge is 0.306 e. The molecule has 0 bridgehead atoms. The van der Waals surface area contributed by atoms with Gasteiger partial charge in [-0.1, -0.05) is 18.2 Å². The van der Waals surface area contributed by atoms with Crippen LogP contribution in [0.25, 0.3) is 10.9 Å². The number of carbonyl (C=O) groups excluding carboxylic acids is 1. The van der Waals surface area contributed by atoms with Crippen LogP contribution in [-0.2, 0) is 9.59 Å². The van der Waals surface area contributed by atoms with Gasteiger partial charge in [0.2, 0.25) is 5.91 Å². The molecule has 2 aromatic rings. The number of aromatic nitrogens is 1. The van der Waals surface area contributed by atoms with Gasteiger partial charge < -0.3 is 10.4 Å². The Hall–Kier alpha value is -2.43. The SMILES string of the molecule is O=C(O)C1CCC(C(=O)Nc2cccc3cccnc23)C1. The fourth-order valence-electron chi connectivity index (χ4n) is 2.88. The first kappa shape index (κ1) is 13.5. The van der Waals surface area contributed by atoms with Gasteiger partial charge in [-0.05, 0) is 31.4 Å². The number of hydrogen-bond donors (Lipinski definition) is 2. The van der Waals surface area contributed by atoms with E-state index in [1.807, 2.05) is 30.3 Å². The number of benzene rings is 1. The van der Waals surface area contributed by atoms with Gasteiger partial charge in [-0.3, -0.25) is 14.6 Å². The number of aliphatic carboxylic acids is 1. The van der Waals surface area contributed by atoms with Crippen LogP contribution in [0.2, 0.25) is 0 Å². The van der Waals surface area contributed by atoms with E-state index >= 15 is 0 Å². The van der Waals surface area contributed by atoms with E-state index in [1.54, 1.807) is 6.20 Å². The van der Waals surface area contributed by atoms with Crippen LogP contribution in [0.15, 0.2) is 36.5 Å². The average Bonchev–Trinajstić information content (AvgIpc) is 2.98. The van der Waals surface area contributed by atoms with Crippen LogP contribution in [-0.4, -0.2) is 22.0 Å². The van der Waals surface area contributed by atoms with Crippen molar-refractivity contribution in [3.63, 3.8) is 0 Å². The minimum absolute atomic E-state index is 0.114. The summed E-state index contributed by atoms with van der Waals surface area (Å²) < 4.78 is 0. The van der Waals surface area contributed by atoms with Crippen LogP contribution < -0.4 is 5.32 Å². The van der Waals surface area contributed by atoms with Crippen LogP contribution in [0.4, 0.5) is 5.69 Å². The van der Waals surface area contributed by atoms with Crippen LogP contribution in [0.1, 0.15) is 19.3 Å². The van der Waals surface area contributed by atoms with Gasteiger partial charge in [0.1, 0.15) is 0 Å². The minimum Gasteiger partial charge on any atom is -0.481 e. The lowest BCUT2D eigenvalue weighted by molar-refractivity contribution is -0.141. The Bertz CT molecular complexity index is 693. The second kappa shape index (κ2) is 5.52. The Morgan fingerprint density at radius 2 is 1.90 bits per heavy atom. The zero-order valence-electron chi connectivity index (χ0n) is 11.5. The number of hydrogen-bond acceptors (Lipinski definition) is 3. The third-order valence-corrected chi connectivity index (χ3v) is 4.04. The zero-order valence-corrected chi connectivity index (χ0v) is 11.5. The molecule has 1 amide bonds. The molecule has 1 aliphatic rings. The van der Waals surface area contributed by atoms with Crippen molar-refractivity contribution in [3.8, 4) is 0 Å². The van der Waals surface area contributed by atoms with Crippen molar-refractivity contribution in [3.05, 3.63) is 36.5 Å².